The number of carbonyl (C=O) groups is 2. The normalized spacial score (nSPS) is 14.6. The summed E-state index contributed by atoms with van der Waals surface area (Å²) in [6, 6.07) is 5.43. The van der Waals surface area contributed by atoms with Crippen molar-refractivity contribution in [1.82, 2.24) is 30.4 Å². The molecule has 1 aliphatic rings. The quantitative estimate of drug-likeness (QED) is 0.802. The molecule has 0 unspecified atom stereocenters. The summed E-state index contributed by atoms with van der Waals surface area (Å²) in [5.41, 5.74) is 0.510. The molecule has 1 aliphatic heterocycles. The zero-order valence-corrected chi connectivity index (χ0v) is 10.9. The summed E-state index contributed by atoms with van der Waals surface area (Å²) in [6.45, 7) is 0.392. The topological polar surface area (TPSA) is 93.0 Å². The predicted molar refractivity (Wildman–Crippen MR) is 68.3 cm³/mol. The van der Waals surface area contributed by atoms with Crippen molar-refractivity contribution < 1.29 is 14.0 Å². The van der Waals surface area contributed by atoms with E-state index < -0.39 is 6.03 Å². The number of hydrogen-bond donors (Lipinski definition) is 1. The van der Waals surface area contributed by atoms with Gasteiger partial charge < -0.3 is 5.32 Å². The lowest BCUT2D eigenvalue weighted by atomic mass is 10.2. The van der Waals surface area contributed by atoms with E-state index in [-0.39, 0.29) is 37.2 Å². The summed E-state index contributed by atoms with van der Waals surface area (Å²) in [7, 11) is 0. The fraction of sp³-hybridized carbons (Fsp3) is 0.250. The molecule has 1 N–H and O–H groups in total. The van der Waals surface area contributed by atoms with E-state index in [1.807, 2.05) is 0 Å². The third kappa shape index (κ3) is 2.71. The molecule has 8 nitrogen and oxygen atoms in total. The van der Waals surface area contributed by atoms with Crippen molar-refractivity contribution in [2.75, 3.05) is 13.1 Å². The minimum Gasteiger partial charge on any atom is -0.329 e. The SMILES string of the molecule is O=C1CNC(=O)N1CCn1nnc(-c2cccc(F)c2)n1. The van der Waals surface area contributed by atoms with E-state index in [9.17, 15) is 14.0 Å². The molecule has 1 saturated heterocycles. The monoisotopic (exact) mass is 290 g/mol. The fourth-order valence-electron chi connectivity index (χ4n) is 1.95. The van der Waals surface area contributed by atoms with E-state index in [0.717, 1.165) is 4.90 Å². The van der Waals surface area contributed by atoms with Gasteiger partial charge in [-0.1, -0.05) is 12.1 Å². The fourth-order valence-corrected chi connectivity index (χ4v) is 1.95. The van der Waals surface area contributed by atoms with Gasteiger partial charge in [0.25, 0.3) is 0 Å². The number of tetrazole rings is 1. The lowest BCUT2D eigenvalue weighted by Crippen LogP contribution is -2.34. The highest BCUT2D eigenvalue weighted by Gasteiger charge is 2.28. The molecule has 21 heavy (non-hydrogen) atoms. The first-order chi connectivity index (χ1) is 10.1. The van der Waals surface area contributed by atoms with Crippen LogP contribution in [0.25, 0.3) is 11.4 Å². The molecule has 3 rings (SSSR count). The maximum absolute atomic E-state index is 13.1. The van der Waals surface area contributed by atoms with Crippen molar-refractivity contribution in [1.29, 1.82) is 0 Å². The molecule has 3 amide bonds. The average Bonchev–Trinajstić information content (AvgIpc) is 3.05. The second-order valence-electron chi connectivity index (χ2n) is 4.42. The molecule has 0 radical (unpaired) electrons. The third-order valence-electron chi connectivity index (χ3n) is 3.00. The van der Waals surface area contributed by atoms with Gasteiger partial charge >= 0.3 is 6.03 Å². The molecule has 108 valence electrons. The molecule has 9 heteroatoms. The van der Waals surface area contributed by atoms with Crippen LogP contribution in [0, 0.1) is 5.82 Å². The van der Waals surface area contributed by atoms with Crippen LogP contribution in [-0.4, -0.2) is 50.1 Å². The lowest BCUT2D eigenvalue weighted by molar-refractivity contribution is -0.125. The number of imide groups is 1. The Morgan fingerprint density at radius 2 is 2.14 bits per heavy atom. The van der Waals surface area contributed by atoms with E-state index in [0.29, 0.717) is 5.56 Å². The van der Waals surface area contributed by atoms with Crippen molar-refractivity contribution in [3.8, 4) is 11.4 Å². The minimum atomic E-state index is -0.425. The Hall–Kier alpha value is -2.84. The maximum Gasteiger partial charge on any atom is 0.324 e. The molecule has 1 fully saturated rings. The van der Waals surface area contributed by atoms with E-state index in [1.54, 1.807) is 12.1 Å². The number of benzene rings is 1. The second kappa shape index (κ2) is 5.27. The van der Waals surface area contributed by atoms with E-state index in [4.69, 9.17) is 0 Å². The highest BCUT2D eigenvalue weighted by Crippen LogP contribution is 2.14. The molecule has 0 spiro atoms. The van der Waals surface area contributed by atoms with Gasteiger partial charge in [0.2, 0.25) is 11.7 Å². The number of amides is 3. The van der Waals surface area contributed by atoms with Crippen LogP contribution in [0.3, 0.4) is 0 Å². The van der Waals surface area contributed by atoms with Gasteiger partial charge in [-0.15, -0.1) is 10.2 Å². The molecular weight excluding hydrogens is 279 g/mol. The Kier molecular flexibility index (Phi) is 3.30. The van der Waals surface area contributed by atoms with E-state index >= 15 is 0 Å². The van der Waals surface area contributed by atoms with Gasteiger partial charge in [0.15, 0.2) is 0 Å². The van der Waals surface area contributed by atoms with Crippen LogP contribution < -0.4 is 5.32 Å². The molecule has 1 aromatic carbocycles. The standard InChI is InChI=1S/C12H11FN6O2/c13-9-3-1-2-8(6-9)11-15-17-19(16-11)5-4-18-10(20)7-14-12(18)21/h1-3,6H,4-5,7H2,(H,14,21). The van der Waals surface area contributed by atoms with E-state index in [1.165, 1.54) is 16.9 Å². The minimum absolute atomic E-state index is 0.0121. The second-order valence-corrected chi connectivity index (χ2v) is 4.42. The number of urea groups is 1. The molecule has 0 bridgehead atoms. The number of hydrogen-bond acceptors (Lipinski definition) is 5. The van der Waals surface area contributed by atoms with Crippen molar-refractivity contribution in [3.05, 3.63) is 30.1 Å². The third-order valence-corrected chi connectivity index (χ3v) is 3.00. The van der Waals surface area contributed by atoms with Gasteiger partial charge in [-0.2, -0.15) is 4.80 Å². The van der Waals surface area contributed by atoms with Gasteiger partial charge in [0.1, 0.15) is 5.82 Å². The number of carbonyl (C=O) groups excluding carboxylic acids is 2. The Balaban J connectivity index is 1.68. The number of nitrogens with zero attached hydrogens (tertiary/aromatic N) is 5. The molecule has 0 saturated carbocycles. The van der Waals surface area contributed by atoms with Gasteiger partial charge in [0, 0.05) is 5.56 Å². The summed E-state index contributed by atoms with van der Waals surface area (Å²) in [6.07, 6.45) is 0. The van der Waals surface area contributed by atoms with Crippen LogP contribution in [0.5, 0.6) is 0 Å². The largest absolute Gasteiger partial charge is 0.329 e. The summed E-state index contributed by atoms with van der Waals surface area (Å²) in [5.74, 6) is -0.389. The predicted octanol–water partition coefficient (Wildman–Crippen LogP) is 0.0310. The van der Waals surface area contributed by atoms with Crippen LogP contribution in [0.1, 0.15) is 0 Å². The van der Waals surface area contributed by atoms with Crippen LogP contribution in [-0.2, 0) is 11.3 Å². The Morgan fingerprint density at radius 3 is 2.86 bits per heavy atom. The average molecular weight is 290 g/mol. The smallest absolute Gasteiger partial charge is 0.324 e. The van der Waals surface area contributed by atoms with Crippen LogP contribution in [0.15, 0.2) is 24.3 Å². The highest BCUT2D eigenvalue weighted by molar-refractivity contribution is 6.01. The van der Waals surface area contributed by atoms with Crippen LogP contribution >= 0.6 is 0 Å². The molecule has 2 heterocycles. The molecule has 1 aromatic heterocycles. The van der Waals surface area contributed by atoms with Gasteiger partial charge in [-0.05, 0) is 17.3 Å². The van der Waals surface area contributed by atoms with E-state index in [2.05, 4.69) is 20.7 Å². The Labute approximate surface area is 118 Å². The number of halogens is 1. The van der Waals surface area contributed by atoms with Crippen molar-refractivity contribution in [2.45, 2.75) is 6.54 Å². The summed E-state index contributed by atoms with van der Waals surface area (Å²) < 4.78 is 13.1. The summed E-state index contributed by atoms with van der Waals surface area (Å²) >= 11 is 0. The molecule has 0 atom stereocenters. The number of rotatable bonds is 4. The van der Waals surface area contributed by atoms with Crippen LogP contribution in [0.4, 0.5) is 9.18 Å². The Bertz CT molecular complexity index is 685. The first-order valence-electron chi connectivity index (χ1n) is 6.25. The van der Waals surface area contributed by atoms with Gasteiger partial charge in [-0.25, -0.2) is 9.18 Å². The molecule has 0 aliphatic carbocycles. The first kappa shape index (κ1) is 13.2. The zero-order valence-electron chi connectivity index (χ0n) is 10.9. The highest BCUT2D eigenvalue weighted by atomic mass is 19.1. The van der Waals surface area contributed by atoms with Gasteiger partial charge in [-0.3, -0.25) is 9.69 Å². The molecular formula is C12H11FN6O2. The Morgan fingerprint density at radius 1 is 1.29 bits per heavy atom. The van der Waals surface area contributed by atoms with Gasteiger partial charge in [0.05, 0.1) is 19.6 Å². The summed E-state index contributed by atoms with van der Waals surface area (Å²) in [5, 5.41) is 14.2. The first-order valence-corrected chi connectivity index (χ1v) is 6.25. The summed E-state index contributed by atoms with van der Waals surface area (Å²) in [4.78, 5) is 25.1. The number of nitrogens with one attached hydrogen (secondary N) is 1. The maximum atomic E-state index is 13.1. The van der Waals surface area contributed by atoms with Crippen LogP contribution in [0.2, 0.25) is 0 Å². The lowest BCUT2D eigenvalue weighted by Gasteiger charge is -2.10. The van der Waals surface area contributed by atoms with Crippen molar-refractivity contribution in [2.24, 2.45) is 0 Å². The van der Waals surface area contributed by atoms with Crippen molar-refractivity contribution >= 4 is 11.9 Å². The molecule has 2 aromatic rings. The van der Waals surface area contributed by atoms with Crippen molar-refractivity contribution in [3.63, 3.8) is 0 Å². The zero-order chi connectivity index (χ0) is 14.8. The number of aromatic nitrogens is 4.